The molecule has 0 aromatic heterocycles. The van der Waals surface area contributed by atoms with Crippen LogP contribution >= 0.6 is 0 Å². The number of nitrogens with zero attached hydrogens (tertiary/aromatic N) is 1. The molecular weight excluding hydrogens is 430 g/mol. The molecule has 1 heterocycles. The van der Waals surface area contributed by atoms with Gasteiger partial charge in [-0.1, -0.05) is 44.2 Å². The molecule has 1 aliphatic rings. The molecule has 9 heteroatoms. The summed E-state index contributed by atoms with van der Waals surface area (Å²) in [5, 5.41) is 0. The van der Waals surface area contributed by atoms with E-state index in [1.165, 1.54) is 25.7 Å². The number of hydrogen-bond acceptors (Lipinski definition) is 8. The predicted octanol–water partition coefficient (Wildman–Crippen LogP) is 2.89. The van der Waals surface area contributed by atoms with E-state index in [1.54, 1.807) is 0 Å². The second-order valence-corrected chi connectivity index (χ2v) is 8.61. The van der Waals surface area contributed by atoms with Gasteiger partial charge in [-0.25, -0.2) is 4.79 Å². The number of carbonyl (C=O) groups is 4. The highest BCUT2D eigenvalue weighted by Crippen LogP contribution is 2.30. The lowest BCUT2D eigenvalue weighted by Crippen LogP contribution is -2.46. The Morgan fingerprint density at radius 1 is 0.939 bits per heavy atom. The molecule has 0 aliphatic carbocycles. The summed E-state index contributed by atoms with van der Waals surface area (Å²) in [6.45, 7) is 8.29. The largest absolute Gasteiger partial charge is 0.456 e. The molecular formula is C24H33NO8. The third-order valence-corrected chi connectivity index (χ3v) is 4.95. The van der Waals surface area contributed by atoms with E-state index >= 15 is 0 Å². The first kappa shape index (κ1) is 26.3. The van der Waals surface area contributed by atoms with Crippen LogP contribution in [-0.4, -0.2) is 66.2 Å². The van der Waals surface area contributed by atoms with Crippen LogP contribution in [0.5, 0.6) is 0 Å². The van der Waals surface area contributed by atoms with Gasteiger partial charge >= 0.3 is 18.0 Å². The Balaban J connectivity index is 2.21. The van der Waals surface area contributed by atoms with E-state index in [9.17, 15) is 19.2 Å². The van der Waals surface area contributed by atoms with Crippen molar-refractivity contribution in [3.05, 3.63) is 35.9 Å². The summed E-state index contributed by atoms with van der Waals surface area (Å²) in [7, 11) is 0. The second-order valence-electron chi connectivity index (χ2n) is 8.61. The van der Waals surface area contributed by atoms with Gasteiger partial charge in [-0.05, 0) is 18.4 Å². The van der Waals surface area contributed by atoms with Gasteiger partial charge in [0.05, 0.1) is 6.54 Å². The van der Waals surface area contributed by atoms with Crippen molar-refractivity contribution < 1.29 is 38.1 Å². The van der Waals surface area contributed by atoms with Crippen LogP contribution in [0.15, 0.2) is 30.3 Å². The second kappa shape index (κ2) is 12.3. The molecule has 1 saturated heterocycles. The Kier molecular flexibility index (Phi) is 9.84. The van der Waals surface area contributed by atoms with E-state index in [1.807, 2.05) is 44.2 Å². The van der Waals surface area contributed by atoms with E-state index < -0.39 is 42.4 Å². The fourth-order valence-corrected chi connectivity index (χ4v) is 3.76. The van der Waals surface area contributed by atoms with Crippen LogP contribution in [0.1, 0.15) is 46.6 Å². The van der Waals surface area contributed by atoms with Crippen LogP contribution in [0, 0.1) is 5.92 Å². The van der Waals surface area contributed by atoms with E-state index in [0.29, 0.717) is 6.54 Å². The highest BCUT2D eigenvalue weighted by Gasteiger charge is 2.50. The first-order chi connectivity index (χ1) is 15.6. The fraction of sp³-hybridized carbons (Fsp3) is 0.583. The molecule has 0 saturated carbocycles. The smallest absolute Gasteiger partial charge is 0.410 e. The third kappa shape index (κ3) is 8.49. The Morgan fingerprint density at radius 2 is 1.52 bits per heavy atom. The zero-order valence-corrected chi connectivity index (χ0v) is 19.8. The topological polar surface area (TPSA) is 108 Å². The maximum atomic E-state index is 12.9. The third-order valence-electron chi connectivity index (χ3n) is 4.95. The van der Waals surface area contributed by atoms with Gasteiger partial charge < -0.3 is 23.8 Å². The van der Waals surface area contributed by atoms with E-state index in [-0.39, 0.29) is 31.3 Å². The zero-order valence-electron chi connectivity index (χ0n) is 19.8. The molecule has 2 rings (SSSR count). The van der Waals surface area contributed by atoms with Crippen molar-refractivity contribution in [2.45, 2.75) is 72.1 Å². The van der Waals surface area contributed by atoms with Crippen molar-refractivity contribution in [1.29, 1.82) is 0 Å². The number of ketones is 1. The number of hydrogen-bond donors (Lipinski definition) is 0. The first-order valence-corrected chi connectivity index (χ1v) is 11.0. The number of esters is 2. The molecule has 0 unspecified atom stereocenters. The predicted molar refractivity (Wildman–Crippen MR) is 118 cm³/mol. The number of rotatable bonds is 10. The lowest BCUT2D eigenvalue weighted by molar-refractivity contribution is -0.164. The van der Waals surface area contributed by atoms with Gasteiger partial charge in [0.1, 0.15) is 24.6 Å². The van der Waals surface area contributed by atoms with E-state index in [2.05, 4.69) is 0 Å². The van der Waals surface area contributed by atoms with Gasteiger partial charge in [0, 0.05) is 26.8 Å². The fourth-order valence-electron chi connectivity index (χ4n) is 3.76. The normalized spacial score (nSPS) is 22.0. The lowest BCUT2D eigenvalue weighted by atomic mass is 10.0. The van der Waals surface area contributed by atoms with Crippen LogP contribution < -0.4 is 0 Å². The summed E-state index contributed by atoms with van der Waals surface area (Å²) in [6, 6.07) is 9.30. The summed E-state index contributed by atoms with van der Waals surface area (Å²) in [5.74, 6) is -1.21. The number of ether oxygens (including phenoxy) is 4. The van der Waals surface area contributed by atoms with Crippen LogP contribution in [0.25, 0.3) is 0 Å². The molecule has 4 atom stereocenters. The van der Waals surface area contributed by atoms with Crippen molar-refractivity contribution >= 4 is 23.8 Å². The number of carbonyl (C=O) groups excluding carboxylic acids is 4. The summed E-state index contributed by atoms with van der Waals surface area (Å²) in [6.07, 6.45) is -4.08. The van der Waals surface area contributed by atoms with E-state index in [4.69, 9.17) is 18.9 Å². The van der Waals surface area contributed by atoms with Gasteiger partial charge in [-0.3, -0.25) is 14.4 Å². The molecule has 0 bridgehead atoms. The molecule has 0 spiro atoms. The molecule has 1 aromatic rings. The van der Waals surface area contributed by atoms with E-state index in [0.717, 1.165) is 5.56 Å². The summed E-state index contributed by atoms with van der Waals surface area (Å²) < 4.78 is 22.3. The standard InChI is InChI=1S/C24H33NO8/c1-15(2)12-25(24(29)30-14-19-9-7-6-8-10-19)13-21-23(32-18(5)28)22(31-17(4)27)20(33-21)11-16(3)26/h6-10,15,20-23H,11-14H2,1-5H3/t20-,21-,22+,23-/m1/s1. The molecule has 1 fully saturated rings. The van der Waals surface area contributed by atoms with Crippen molar-refractivity contribution in [3.63, 3.8) is 0 Å². The first-order valence-electron chi connectivity index (χ1n) is 11.0. The summed E-state index contributed by atoms with van der Waals surface area (Å²) in [4.78, 5) is 49.6. The Morgan fingerprint density at radius 3 is 2.03 bits per heavy atom. The number of benzene rings is 1. The summed E-state index contributed by atoms with van der Waals surface area (Å²) >= 11 is 0. The molecule has 9 nitrogen and oxygen atoms in total. The van der Waals surface area contributed by atoms with Crippen molar-refractivity contribution in [2.24, 2.45) is 5.92 Å². The average molecular weight is 464 g/mol. The Bertz CT molecular complexity index is 825. The van der Waals surface area contributed by atoms with Gasteiger partial charge in [0.2, 0.25) is 0 Å². The zero-order chi connectivity index (χ0) is 24.5. The van der Waals surface area contributed by atoms with Gasteiger partial charge in [-0.15, -0.1) is 0 Å². The van der Waals surface area contributed by atoms with Gasteiger partial charge in [0.25, 0.3) is 0 Å². The minimum atomic E-state index is -0.965. The molecule has 182 valence electrons. The number of Topliss-reactive ketones (excluding diaryl/α,β-unsaturated/α-hetero) is 1. The minimum Gasteiger partial charge on any atom is -0.456 e. The molecule has 1 aliphatic heterocycles. The maximum absolute atomic E-state index is 12.9. The van der Waals surface area contributed by atoms with Crippen molar-refractivity contribution in [1.82, 2.24) is 4.90 Å². The maximum Gasteiger partial charge on any atom is 0.410 e. The summed E-state index contributed by atoms with van der Waals surface area (Å²) in [5.41, 5.74) is 0.849. The van der Waals surface area contributed by atoms with Crippen LogP contribution in [0.2, 0.25) is 0 Å². The quantitative estimate of drug-likeness (QED) is 0.385. The Hall–Kier alpha value is -2.94. The highest BCUT2D eigenvalue weighted by molar-refractivity contribution is 5.76. The van der Waals surface area contributed by atoms with Crippen LogP contribution in [-0.2, 0) is 39.9 Å². The van der Waals surface area contributed by atoms with Crippen molar-refractivity contribution in [3.8, 4) is 0 Å². The molecule has 1 amide bonds. The lowest BCUT2D eigenvalue weighted by Gasteiger charge is -2.29. The molecule has 33 heavy (non-hydrogen) atoms. The van der Waals surface area contributed by atoms with Crippen LogP contribution in [0.4, 0.5) is 4.79 Å². The Labute approximate surface area is 194 Å². The SMILES string of the molecule is CC(=O)C[C@H]1O[C@H](CN(CC(C)C)C(=O)OCc2ccccc2)[C@@H](OC(C)=O)[C@H]1OC(C)=O. The van der Waals surface area contributed by atoms with Gasteiger partial charge in [0.15, 0.2) is 12.2 Å². The van der Waals surface area contributed by atoms with Gasteiger partial charge in [-0.2, -0.15) is 0 Å². The average Bonchev–Trinajstić information content (AvgIpc) is 3.00. The highest BCUT2D eigenvalue weighted by atomic mass is 16.6. The van der Waals surface area contributed by atoms with Crippen LogP contribution in [0.3, 0.4) is 0 Å². The molecule has 0 radical (unpaired) electrons. The molecule has 0 N–H and O–H groups in total. The molecule has 1 aromatic carbocycles. The monoisotopic (exact) mass is 463 g/mol. The number of amides is 1. The van der Waals surface area contributed by atoms with Crippen molar-refractivity contribution in [2.75, 3.05) is 13.1 Å². The minimum absolute atomic E-state index is 0.0190.